The van der Waals surface area contributed by atoms with Crippen molar-refractivity contribution in [1.29, 1.82) is 0 Å². The first-order valence-electron chi connectivity index (χ1n) is 8.02. The van der Waals surface area contributed by atoms with Crippen molar-refractivity contribution >= 4 is 11.6 Å². The summed E-state index contributed by atoms with van der Waals surface area (Å²) >= 11 is 0. The number of hydrogen-bond acceptors (Lipinski definition) is 6. The molecule has 0 spiro atoms. The molecule has 0 aliphatic carbocycles. The van der Waals surface area contributed by atoms with Crippen molar-refractivity contribution in [2.24, 2.45) is 0 Å². The lowest BCUT2D eigenvalue weighted by Crippen LogP contribution is -2.46. The van der Waals surface area contributed by atoms with Gasteiger partial charge in [-0.15, -0.1) is 0 Å². The van der Waals surface area contributed by atoms with Crippen LogP contribution in [0.1, 0.15) is 5.56 Å². The average molecular weight is 313 g/mol. The second-order valence-corrected chi connectivity index (χ2v) is 5.74. The summed E-state index contributed by atoms with van der Waals surface area (Å²) in [4.78, 5) is 13.1. The summed E-state index contributed by atoms with van der Waals surface area (Å²) in [5.41, 5.74) is 2.29. The van der Waals surface area contributed by atoms with Crippen LogP contribution < -0.4 is 5.32 Å². The minimum absolute atomic E-state index is 0.245. The third-order valence-electron chi connectivity index (χ3n) is 4.04. The van der Waals surface area contributed by atoms with Gasteiger partial charge in [-0.3, -0.25) is 9.80 Å². The third kappa shape index (κ3) is 4.72. The summed E-state index contributed by atoms with van der Waals surface area (Å²) in [7, 11) is 0. The molecule has 0 amide bonds. The minimum atomic E-state index is 0.245. The fourth-order valence-electron chi connectivity index (χ4n) is 2.81. The third-order valence-corrected chi connectivity index (χ3v) is 4.04. The Labute approximate surface area is 136 Å². The lowest BCUT2D eigenvalue weighted by molar-refractivity contribution is 0.108. The number of nitrogens with one attached hydrogen (secondary N) is 1. The van der Waals surface area contributed by atoms with E-state index in [0.717, 1.165) is 45.0 Å². The number of benzene rings is 1. The lowest BCUT2D eigenvalue weighted by Gasteiger charge is -2.34. The van der Waals surface area contributed by atoms with Gasteiger partial charge in [0.15, 0.2) is 0 Å². The topological polar surface area (TPSA) is 64.5 Å². The molecule has 2 aromatic rings. The highest BCUT2D eigenvalue weighted by molar-refractivity contribution is 5.54. The Kier molecular flexibility index (Phi) is 5.52. The quantitative estimate of drug-likeness (QED) is 0.839. The molecule has 1 aliphatic rings. The van der Waals surface area contributed by atoms with E-state index in [4.69, 9.17) is 5.11 Å². The second-order valence-electron chi connectivity index (χ2n) is 5.74. The maximum atomic E-state index is 9.00. The molecule has 23 heavy (non-hydrogen) atoms. The lowest BCUT2D eigenvalue weighted by atomic mass is 10.1. The number of piperazine rings is 1. The molecular weight excluding hydrogens is 290 g/mol. The Morgan fingerprint density at radius 3 is 2.48 bits per heavy atom. The van der Waals surface area contributed by atoms with Gasteiger partial charge in [0.1, 0.15) is 0 Å². The number of nitrogens with zero attached hydrogens (tertiary/aromatic N) is 4. The number of rotatable bonds is 6. The smallest absolute Gasteiger partial charge is 0.227 e. The number of anilines is 2. The largest absolute Gasteiger partial charge is 0.395 e. The van der Waals surface area contributed by atoms with Crippen LogP contribution in [0.5, 0.6) is 0 Å². The molecule has 0 bridgehead atoms. The summed E-state index contributed by atoms with van der Waals surface area (Å²) in [5.74, 6) is 0.613. The van der Waals surface area contributed by atoms with Crippen molar-refractivity contribution in [3.8, 4) is 0 Å². The summed E-state index contributed by atoms with van der Waals surface area (Å²) < 4.78 is 0. The number of hydrogen-bond donors (Lipinski definition) is 2. The van der Waals surface area contributed by atoms with Crippen molar-refractivity contribution in [2.45, 2.75) is 6.54 Å². The molecule has 3 rings (SSSR count). The summed E-state index contributed by atoms with van der Waals surface area (Å²) in [6.45, 7) is 6.10. The Morgan fingerprint density at radius 1 is 1.00 bits per heavy atom. The standard InChI is InChI=1S/C17H23N5O/c23-12-11-21-7-9-22(10-8-21)14-15-3-1-4-16(13-15)20-17-18-5-2-6-19-17/h1-6,13,23H,7-12,14H2,(H,18,19,20). The highest BCUT2D eigenvalue weighted by atomic mass is 16.3. The molecule has 1 fully saturated rings. The predicted octanol–water partition coefficient (Wildman–Crippen LogP) is 1.33. The van der Waals surface area contributed by atoms with Crippen molar-refractivity contribution < 1.29 is 5.11 Å². The van der Waals surface area contributed by atoms with E-state index < -0.39 is 0 Å². The summed E-state index contributed by atoms with van der Waals surface area (Å²) in [6.07, 6.45) is 3.45. The van der Waals surface area contributed by atoms with E-state index in [1.807, 2.05) is 6.07 Å². The molecule has 0 radical (unpaired) electrons. The van der Waals surface area contributed by atoms with Gasteiger partial charge in [-0.1, -0.05) is 12.1 Å². The predicted molar refractivity (Wildman–Crippen MR) is 90.6 cm³/mol. The van der Waals surface area contributed by atoms with Gasteiger partial charge < -0.3 is 10.4 Å². The van der Waals surface area contributed by atoms with Crippen molar-refractivity contribution in [2.75, 3.05) is 44.6 Å². The number of aromatic nitrogens is 2. The van der Waals surface area contributed by atoms with E-state index in [1.54, 1.807) is 18.5 Å². The normalized spacial score (nSPS) is 16.4. The van der Waals surface area contributed by atoms with Gasteiger partial charge in [0.25, 0.3) is 0 Å². The number of β-amino-alcohol motifs (C(OH)–C–C–N with tert-alkyl or cyclic N) is 1. The van der Waals surface area contributed by atoms with E-state index in [0.29, 0.717) is 5.95 Å². The number of aliphatic hydroxyl groups excluding tert-OH is 1. The monoisotopic (exact) mass is 313 g/mol. The first-order chi connectivity index (χ1) is 11.3. The Morgan fingerprint density at radius 2 is 1.74 bits per heavy atom. The molecule has 6 nitrogen and oxygen atoms in total. The fraction of sp³-hybridized carbons (Fsp3) is 0.412. The first kappa shape index (κ1) is 15.9. The Hall–Kier alpha value is -2.02. The molecule has 1 aliphatic heterocycles. The van der Waals surface area contributed by atoms with Crippen LogP contribution in [0.2, 0.25) is 0 Å². The van der Waals surface area contributed by atoms with E-state index >= 15 is 0 Å². The fourth-order valence-corrected chi connectivity index (χ4v) is 2.81. The van der Waals surface area contributed by atoms with Gasteiger partial charge in [0.05, 0.1) is 6.61 Å². The Bertz CT molecular complexity index is 599. The van der Waals surface area contributed by atoms with Crippen LogP contribution in [0, 0.1) is 0 Å². The van der Waals surface area contributed by atoms with E-state index in [9.17, 15) is 0 Å². The number of aliphatic hydroxyl groups is 1. The van der Waals surface area contributed by atoms with Crippen LogP contribution in [0.25, 0.3) is 0 Å². The van der Waals surface area contributed by atoms with Gasteiger partial charge in [0, 0.05) is 57.3 Å². The average Bonchev–Trinajstić information content (AvgIpc) is 2.58. The molecule has 2 heterocycles. The first-order valence-corrected chi connectivity index (χ1v) is 8.02. The zero-order chi connectivity index (χ0) is 15.9. The minimum Gasteiger partial charge on any atom is -0.395 e. The SMILES string of the molecule is OCCN1CCN(Cc2cccc(Nc3ncccn3)c2)CC1. The van der Waals surface area contributed by atoms with E-state index in [-0.39, 0.29) is 6.61 Å². The highest BCUT2D eigenvalue weighted by Gasteiger charge is 2.16. The molecule has 0 saturated carbocycles. The maximum Gasteiger partial charge on any atom is 0.227 e. The van der Waals surface area contributed by atoms with Crippen LogP contribution in [0.3, 0.4) is 0 Å². The van der Waals surface area contributed by atoms with Crippen LogP contribution >= 0.6 is 0 Å². The van der Waals surface area contributed by atoms with Crippen molar-refractivity contribution in [3.05, 3.63) is 48.3 Å². The summed E-state index contributed by atoms with van der Waals surface area (Å²) in [5, 5.41) is 12.2. The molecule has 2 N–H and O–H groups in total. The molecule has 1 aromatic heterocycles. The van der Waals surface area contributed by atoms with Crippen LogP contribution in [0.4, 0.5) is 11.6 Å². The van der Waals surface area contributed by atoms with Crippen molar-refractivity contribution in [3.63, 3.8) is 0 Å². The van der Waals surface area contributed by atoms with Gasteiger partial charge in [0.2, 0.25) is 5.95 Å². The van der Waals surface area contributed by atoms with Gasteiger partial charge in [-0.2, -0.15) is 0 Å². The molecule has 1 saturated heterocycles. The molecular formula is C17H23N5O. The van der Waals surface area contributed by atoms with Crippen LogP contribution in [0.15, 0.2) is 42.7 Å². The molecule has 1 aromatic carbocycles. The highest BCUT2D eigenvalue weighted by Crippen LogP contribution is 2.16. The van der Waals surface area contributed by atoms with Gasteiger partial charge >= 0.3 is 0 Å². The van der Waals surface area contributed by atoms with Crippen LogP contribution in [-0.2, 0) is 6.54 Å². The second kappa shape index (κ2) is 8.01. The molecule has 0 atom stereocenters. The zero-order valence-electron chi connectivity index (χ0n) is 13.2. The molecule has 0 unspecified atom stereocenters. The van der Waals surface area contributed by atoms with Gasteiger partial charge in [-0.25, -0.2) is 9.97 Å². The summed E-state index contributed by atoms with van der Waals surface area (Å²) in [6, 6.07) is 10.2. The van der Waals surface area contributed by atoms with E-state index in [2.05, 4.69) is 43.3 Å². The van der Waals surface area contributed by atoms with E-state index in [1.165, 1.54) is 5.56 Å². The molecule has 6 heteroatoms. The molecule has 122 valence electrons. The van der Waals surface area contributed by atoms with Crippen molar-refractivity contribution in [1.82, 2.24) is 19.8 Å². The van der Waals surface area contributed by atoms with Crippen LogP contribution in [-0.4, -0.2) is 64.2 Å². The van der Waals surface area contributed by atoms with Gasteiger partial charge in [-0.05, 0) is 23.8 Å². The maximum absolute atomic E-state index is 9.00. The Balaban J connectivity index is 1.56. The zero-order valence-corrected chi connectivity index (χ0v) is 13.2.